The second-order valence-corrected chi connectivity index (χ2v) is 9.07. The zero-order valence-corrected chi connectivity index (χ0v) is 18.3. The maximum atomic E-state index is 13.2. The third-order valence-corrected chi connectivity index (χ3v) is 6.16. The molecule has 0 saturated carbocycles. The van der Waals surface area contributed by atoms with Crippen molar-refractivity contribution in [2.75, 3.05) is 18.4 Å². The molecule has 166 valence electrons. The molecule has 1 fully saturated rings. The number of piperidine rings is 1. The Balaban J connectivity index is 1.48. The van der Waals surface area contributed by atoms with Crippen LogP contribution in [0.1, 0.15) is 55.7 Å². The Kier molecular flexibility index (Phi) is 6.25. The van der Waals surface area contributed by atoms with Crippen molar-refractivity contribution in [3.05, 3.63) is 46.1 Å². The molecule has 0 radical (unpaired) electrons. The van der Waals surface area contributed by atoms with E-state index in [4.69, 9.17) is 0 Å². The van der Waals surface area contributed by atoms with Crippen molar-refractivity contribution in [1.29, 1.82) is 0 Å². The predicted molar refractivity (Wildman–Crippen MR) is 118 cm³/mol. The number of carbonyl (C=O) groups is 2. The summed E-state index contributed by atoms with van der Waals surface area (Å²) >= 11 is 0. The smallest absolute Gasteiger partial charge is 0.338 e. The van der Waals surface area contributed by atoms with E-state index < -0.39 is 0 Å². The summed E-state index contributed by atoms with van der Waals surface area (Å²) in [7, 11) is 0. The van der Waals surface area contributed by atoms with Gasteiger partial charge in [-0.3, -0.25) is 14.2 Å². The topological polar surface area (TPSA) is 89.2 Å². The maximum absolute atomic E-state index is 13.2. The van der Waals surface area contributed by atoms with E-state index in [0.29, 0.717) is 29.6 Å². The van der Waals surface area contributed by atoms with Crippen LogP contribution < -0.4 is 11.0 Å². The molecule has 3 heterocycles. The lowest BCUT2D eigenvalue weighted by Crippen LogP contribution is -2.42. The molecule has 8 nitrogen and oxygen atoms in total. The second kappa shape index (κ2) is 9.08. The fraction of sp³-hybridized carbons (Fsp3) is 0.565. The van der Waals surface area contributed by atoms with Gasteiger partial charge in [-0.1, -0.05) is 32.4 Å². The van der Waals surface area contributed by atoms with Gasteiger partial charge < -0.3 is 10.2 Å². The molecule has 2 aromatic rings. The number of para-hydroxylation sites is 1. The van der Waals surface area contributed by atoms with Gasteiger partial charge in [-0.05, 0) is 43.2 Å². The Hall–Kier alpha value is -2.90. The largest absolute Gasteiger partial charge is 0.346 e. The minimum absolute atomic E-state index is 0.0693. The molecule has 2 unspecified atom stereocenters. The average Bonchev–Trinajstić information content (AvgIpc) is 2.89. The lowest BCUT2D eigenvalue weighted by atomic mass is 9.91. The lowest BCUT2D eigenvalue weighted by molar-refractivity contribution is -0.117. The Morgan fingerprint density at radius 3 is 2.61 bits per heavy atom. The van der Waals surface area contributed by atoms with Gasteiger partial charge in [-0.25, -0.2) is 9.48 Å². The van der Waals surface area contributed by atoms with Crippen LogP contribution in [0.5, 0.6) is 0 Å². The van der Waals surface area contributed by atoms with Crippen LogP contribution in [0.25, 0.3) is 0 Å². The summed E-state index contributed by atoms with van der Waals surface area (Å²) in [4.78, 5) is 40.4. The van der Waals surface area contributed by atoms with Gasteiger partial charge in [0.1, 0.15) is 12.4 Å². The quantitative estimate of drug-likeness (QED) is 0.815. The van der Waals surface area contributed by atoms with E-state index in [1.165, 1.54) is 4.68 Å². The van der Waals surface area contributed by atoms with E-state index in [-0.39, 0.29) is 24.0 Å². The van der Waals surface area contributed by atoms with Gasteiger partial charge in [0.05, 0.1) is 11.3 Å². The molecule has 0 bridgehead atoms. The first-order valence-corrected chi connectivity index (χ1v) is 11.3. The number of hydrogen-bond acceptors (Lipinski definition) is 4. The Morgan fingerprint density at radius 1 is 1.10 bits per heavy atom. The molecular formula is C23H31N5O3. The van der Waals surface area contributed by atoms with E-state index in [1.54, 1.807) is 28.8 Å². The van der Waals surface area contributed by atoms with Gasteiger partial charge in [0, 0.05) is 26.1 Å². The van der Waals surface area contributed by atoms with Gasteiger partial charge >= 0.3 is 5.69 Å². The third-order valence-electron chi connectivity index (χ3n) is 6.16. The Morgan fingerprint density at radius 2 is 1.84 bits per heavy atom. The highest BCUT2D eigenvalue weighted by atomic mass is 16.2. The summed E-state index contributed by atoms with van der Waals surface area (Å²) < 4.78 is 2.91. The van der Waals surface area contributed by atoms with Crippen LogP contribution in [0.3, 0.4) is 0 Å². The summed E-state index contributed by atoms with van der Waals surface area (Å²) in [6, 6.07) is 7.06. The van der Waals surface area contributed by atoms with Crippen LogP contribution in [0, 0.1) is 11.8 Å². The van der Waals surface area contributed by atoms with Gasteiger partial charge in [0.25, 0.3) is 5.91 Å². The van der Waals surface area contributed by atoms with Crippen LogP contribution >= 0.6 is 0 Å². The van der Waals surface area contributed by atoms with Crippen molar-refractivity contribution in [3.8, 4) is 0 Å². The van der Waals surface area contributed by atoms with E-state index >= 15 is 0 Å². The van der Waals surface area contributed by atoms with Crippen LogP contribution in [-0.2, 0) is 24.3 Å². The van der Waals surface area contributed by atoms with Crippen LogP contribution in [0.4, 0.5) is 5.69 Å². The number of hydrogen-bond donors (Lipinski definition) is 1. The van der Waals surface area contributed by atoms with Crippen molar-refractivity contribution in [3.63, 3.8) is 0 Å². The molecule has 8 heteroatoms. The van der Waals surface area contributed by atoms with E-state index in [9.17, 15) is 14.4 Å². The van der Waals surface area contributed by atoms with Crippen molar-refractivity contribution in [2.45, 2.75) is 59.0 Å². The molecular weight excluding hydrogens is 394 g/mol. The Labute approximate surface area is 182 Å². The van der Waals surface area contributed by atoms with Gasteiger partial charge in [0.2, 0.25) is 5.91 Å². The number of carbonyl (C=O) groups excluding carboxylic acids is 2. The minimum Gasteiger partial charge on any atom is -0.338 e. The summed E-state index contributed by atoms with van der Waals surface area (Å²) in [5.41, 5.74) is 0.704. The molecule has 1 aromatic heterocycles. The number of rotatable bonds is 4. The zero-order valence-electron chi connectivity index (χ0n) is 18.3. The minimum atomic E-state index is -0.365. The summed E-state index contributed by atoms with van der Waals surface area (Å²) in [6.07, 6.45) is 4.92. The van der Waals surface area contributed by atoms with Crippen molar-refractivity contribution in [1.82, 2.24) is 19.2 Å². The van der Waals surface area contributed by atoms with Crippen molar-refractivity contribution >= 4 is 17.5 Å². The Bertz CT molecular complexity index is 1010. The molecule has 2 aliphatic rings. The molecule has 1 aromatic carbocycles. The van der Waals surface area contributed by atoms with Crippen LogP contribution in [0.15, 0.2) is 29.1 Å². The molecule has 0 aliphatic carbocycles. The monoisotopic (exact) mass is 425 g/mol. The van der Waals surface area contributed by atoms with Crippen molar-refractivity contribution < 1.29 is 9.59 Å². The SMILES string of the molecule is CC1CC(C)CN(C(=O)c2ccccc2NC(=O)Cn2nc3n(c2=O)CCCCC3)C1. The third kappa shape index (κ3) is 4.73. The molecule has 2 aliphatic heterocycles. The standard InChI is InChI=1S/C23H31N5O3/c1-16-12-17(2)14-26(13-16)22(30)18-8-5-6-9-19(18)24-21(29)15-28-23(31)27-11-7-3-4-10-20(27)25-28/h5-6,8-9,16-17H,3-4,7,10-15H2,1-2H3,(H,24,29). The summed E-state index contributed by atoms with van der Waals surface area (Å²) in [5, 5.41) is 7.20. The highest BCUT2D eigenvalue weighted by molar-refractivity contribution is 6.03. The van der Waals surface area contributed by atoms with Gasteiger partial charge in [0.15, 0.2) is 0 Å². The normalized spacial score (nSPS) is 21.3. The molecule has 4 rings (SSSR count). The first-order chi connectivity index (χ1) is 14.9. The first kappa shape index (κ1) is 21.3. The lowest BCUT2D eigenvalue weighted by Gasteiger charge is -2.35. The number of anilines is 1. The number of nitrogens with zero attached hydrogens (tertiary/aromatic N) is 4. The van der Waals surface area contributed by atoms with Crippen LogP contribution in [-0.4, -0.2) is 44.2 Å². The fourth-order valence-electron chi connectivity index (χ4n) is 4.83. The number of aryl methyl sites for hydroxylation is 1. The van der Waals surface area contributed by atoms with Gasteiger partial charge in [-0.15, -0.1) is 0 Å². The number of benzene rings is 1. The zero-order chi connectivity index (χ0) is 22.0. The van der Waals surface area contributed by atoms with Gasteiger partial charge in [-0.2, -0.15) is 5.10 Å². The summed E-state index contributed by atoms with van der Waals surface area (Å²) in [5.74, 6) is 1.23. The molecule has 1 N–H and O–H groups in total. The average molecular weight is 426 g/mol. The predicted octanol–water partition coefficient (Wildman–Crippen LogP) is 2.53. The first-order valence-electron chi connectivity index (χ1n) is 11.3. The van der Waals surface area contributed by atoms with E-state index in [0.717, 1.165) is 51.0 Å². The number of amides is 2. The number of nitrogens with one attached hydrogen (secondary N) is 1. The molecule has 1 saturated heterocycles. The fourth-order valence-corrected chi connectivity index (χ4v) is 4.83. The van der Waals surface area contributed by atoms with Crippen molar-refractivity contribution in [2.24, 2.45) is 11.8 Å². The number of fused-ring (bicyclic) bond motifs is 1. The molecule has 0 spiro atoms. The molecule has 2 atom stereocenters. The highest BCUT2D eigenvalue weighted by Crippen LogP contribution is 2.25. The second-order valence-electron chi connectivity index (χ2n) is 9.07. The summed E-state index contributed by atoms with van der Waals surface area (Å²) in [6.45, 7) is 6.25. The highest BCUT2D eigenvalue weighted by Gasteiger charge is 2.27. The molecule has 2 amide bonds. The number of aromatic nitrogens is 3. The maximum Gasteiger partial charge on any atom is 0.346 e. The van der Waals surface area contributed by atoms with E-state index in [2.05, 4.69) is 24.3 Å². The van der Waals surface area contributed by atoms with Crippen LogP contribution in [0.2, 0.25) is 0 Å². The van der Waals surface area contributed by atoms with E-state index in [1.807, 2.05) is 4.90 Å². The molecule has 31 heavy (non-hydrogen) atoms. The number of likely N-dealkylation sites (tertiary alicyclic amines) is 1.